The second kappa shape index (κ2) is 4.55. The number of thiazole rings is 1. The van der Waals surface area contributed by atoms with Crippen molar-refractivity contribution in [1.29, 1.82) is 0 Å². The van der Waals surface area contributed by atoms with Gasteiger partial charge in [-0.2, -0.15) is 0 Å². The molecule has 0 saturated carbocycles. The lowest BCUT2D eigenvalue weighted by Crippen LogP contribution is -2.09. The molecule has 16 heavy (non-hydrogen) atoms. The molecular weight excluding hydrogens is 284 g/mol. The Hall–Kier alpha value is -0.870. The summed E-state index contributed by atoms with van der Waals surface area (Å²) < 4.78 is 0.892. The molecule has 0 aliphatic heterocycles. The molecule has 1 aromatic carbocycles. The van der Waals surface area contributed by atoms with Gasteiger partial charge in [0.15, 0.2) is 5.13 Å². The van der Waals surface area contributed by atoms with E-state index in [9.17, 15) is 0 Å². The van der Waals surface area contributed by atoms with Crippen LogP contribution in [0.3, 0.4) is 0 Å². The first-order valence-electron chi connectivity index (χ1n) is 4.99. The molecule has 0 unspecified atom stereocenters. The normalized spacial score (nSPS) is 10.5. The Morgan fingerprint density at radius 3 is 2.31 bits per heavy atom. The molecule has 0 spiro atoms. The highest BCUT2D eigenvalue weighted by atomic mass is 79.9. The molecule has 0 fully saturated rings. The molecule has 1 heterocycles. The molecule has 0 aliphatic carbocycles. The lowest BCUT2D eigenvalue weighted by molar-refractivity contribution is 1.15. The van der Waals surface area contributed by atoms with E-state index >= 15 is 0 Å². The van der Waals surface area contributed by atoms with Gasteiger partial charge in [-0.3, -0.25) is 0 Å². The Bertz CT molecular complexity index is 487. The summed E-state index contributed by atoms with van der Waals surface area (Å²) in [5, 5.41) is 2.99. The van der Waals surface area contributed by atoms with Crippen LogP contribution in [0.1, 0.15) is 11.1 Å². The maximum Gasteiger partial charge on any atom is 0.190 e. The maximum absolute atomic E-state index is 4.41. The van der Waals surface area contributed by atoms with Gasteiger partial charge in [-0.05, 0) is 53.0 Å². The molecule has 4 heteroatoms. The fourth-order valence-corrected chi connectivity index (χ4v) is 2.89. The molecule has 0 atom stereocenters. The van der Waals surface area contributed by atoms with Gasteiger partial charge in [0.2, 0.25) is 0 Å². The molecule has 2 nitrogen and oxygen atoms in total. The van der Waals surface area contributed by atoms with Crippen molar-refractivity contribution in [3.63, 3.8) is 0 Å². The molecular formula is C12H13BrN2S. The van der Waals surface area contributed by atoms with Crippen molar-refractivity contribution in [3.05, 3.63) is 39.3 Å². The lowest BCUT2D eigenvalue weighted by atomic mass is 10.1. The topological polar surface area (TPSA) is 16.1 Å². The highest BCUT2D eigenvalue weighted by Crippen LogP contribution is 2.29. The van der Waals surface area contributed by atoms with Crippen molar-refractivity contribution in [2.45, 2.75) is 13.8 Å². The molecule has 2 rings (SSSR count). The summed E-state index contributed by atoms with van der Waals surface area (Å²) in [5.41, 5.74) is 3.73. The fourth-order valence-electron chi connectivity index (χ4n) is 1.65. The van der Waals surface area contributed by atoms with Gasteiger partial charge in [0.25, 0.3) is 0 Å². The number of aromatic nitrogens is 1. The second-order valence-electron chi connectivity index (χ2n) is 3.86. The Morgan fingerprint density at radius 1 is 1.19 bits per heavy atom. The fraction of sp³-hybridized carbons (Fsp3) is 0.250. The Balaban J connectivity index is 2.37. The Kier molecular flexibility index (Phi) is 3.30. The predicted molar refractivity (Wildman–Crippen MR) is 73.8 cm³/mol. The average molecular weight is 297 g/mol. The molecule has 84 valence electrons. The first kappa shape index (κ1) is 11.6. The average Bonchev–Trinajstić information content (AvgIpc) is 2.62. The summed E-state index contributed by atoms with van der Waals surface area (Å²) in [7, 11) is 2.04. The third-order valence-electron chi connectivity index (χ3n) is 2.34. The van der Waals surface area contributed by atoms with E-state index in [1.165, 1.54) is 16.8 Å². The number of hydrogen-bond acceptors (Lipinski definition) is 3. The number of aryl methyl sites for hydroxylation is 2. The van der Waals surface area contributed by atoms with Gasteiger partial charge >= 0.3 is 0 Å². The van der Waals surface area contributed by atoms with Gasteiger partial charge in [0.1, 0.15) is 4.60 Å². The minimum atomic E-state index is 0.892. The standard InChI is InChI=1S/C12H13BrN2S/c1-8-4-9(2)6-10(5-8)15(3)12-14-11(13)7-16-12/h4-7H,1-3H3. The quantitative estimate of drug-likeness (QED) is 0.822. The van der Waals surface area contributed by atoms with E-state index in [0.29, 0.717) is 0 Å². The zero-order valence-electron chi connectivity index (χ0n) is 9.49. The number of benzene rings is 1. The zero-order valence-corrected chi connectivity index (χ0v) is 11.9. The van der Waals surface area contributed by atoms with Gasteiger partial charge in [-0.15, -0.1) is 11.3 Å². The van der Waals surface area contributed by atoms with Gasteiger partial charge in [-0.1, -0.05) is 6.07 Å². The van der Waals surface area contributed by atoms with E-state index in [1.807, 2.05) is 12.4 Å². The van der Waals surface area contributed by atoms with Crippen molar-refractivity contribution in [3.8, 4) is 0 Å². The lowest BCUT2D eigenvalue weighted by Gasteiger charge is -2.17. The van der Waals surface area contributed by atoms with Crippen LogP contribution in [0, 0.1) is 13.8 Å². The predicted octanol–water partition coefficient (Wildman–Crippen LogP) is 4.29. The van der Waals surface area contributed by atoms with Crippen LogP contribution in [0.2, 0.25) is 0 Å². The second-order valence-corrected chi connectivity index (χ2v) is 5.51. The van der Waals surface area contributed by atoms with Crippen molar-refractivity contribution in [1.82, 2.24) is 4.98 Å². The van der Waals surface area contributed by atoms with Gasteiger partial charge in [-0.25, -0.2) is 4.98 Å². The largest absolute Gasteiger partial charge is 0.321 e. The van der Waals surface area contributed by atoms with Crippen LogP contribution in [-0.4, -0.2) is 12.0 Å². The third-order valence-corrected chi connectivity index (χ3v) is 3.97. The minimum absolute atomic E-state index is 0.892. The van der Waals surface area contributed by atoms with Crippen molar-refractivity contribution in [2.24, 2.45) is 0 Å². The SMILES string of the molecule is Cc1cc(C)cc(N(C)c2nc(Br)cs2)c1. The highest BCUT2D eigenvalue weighted by molar-refractivity contribution is 9.10. The maximum atomic E-state index is 4.41. The molecule has 0 radical (unpaired) electrons. The first-order chi connectivity index (χ1) is 7.56. The van der Waals surface area contributed by atoms with Crippen LogP contribution >= 0.6 is 27.3 Å². The molecule has 1 aromatic heterocycles. The summed E-state index contributed by atoms with van der Waals surface area (Å²) in [6, 6.07) is 6.51. The first-order valence-corrected chi connectivity index (χ1v) is 6.66. The van der Waals surface area contributed by atoms with Gasteiger partial charge < -0.3 is 4.90 Å². The third kappa shape index (κ3) is 2.44. The summed E-state index contributed by atoms with van der Waals surface area (Å²) in [4.78, 5) is 6.51. The molecule has 0 saturated heterocycles. The van der Waals surface area contributed by atoms with E-state index in [0.717, 1.165) is 9.73 Å². The van der Waals surface area contributed by atoms with E-state index in [4.69, 9.17) is 0 Å². The number of halogens is 1. The van der Waals surface area contributed by atoms with Gasteiger partial charge in [0, 0.05) is 18.1 Å². The van der Waals surface area contributed by atoms with Crippen molar-refractivity contribution < 1.29 is 0 Å². The zero-order chi connectivity index (χ0) is 11.7. The number of rotatable bonds is 2. The highest BCUT2D eigenvalue weighted by Gasteiger charge is 2.08. The van der Waals surface area contributed by atoms with E-state index < -0.39 is 0 Å². The summed E-state index contributed by atoms with van der Waals surface area (Å²) in [6.45, 7) is 4.23. The van der Waals surface area contributed by atoms with Crippen LogP contribution in [-0.2, 0) is 0 Å². The van der Waals surface area contributed by atoms with Gasteiger partial charge in [0.05, 0.1) is 0 Å². The Morgan fingerprint density at radius 2 is 1.81 bits per heavy atom. The number of hydrogen-bond donors (Lipinski definition) is 0. The molecule has 0 amide bonds. The van der Waals surface area contributed by atoms with Crippen LogP contribution in [0.5, 0.6) is 0 Å². The van der Waals surface area contributed by atoms with Crippen LogP contribution in [0.4, 0.5) is 10.8 Å². The van der Waals surface area contributed by atoms with Crippen molar-refractivity contribution in [2.75, 3.05) is 11.9 Å². The Labute approximate surface area is 108 Å². The number of nitrogens with zero attached hydrogens (tertiary/aromatic N) is 2. The summed E-state index contributed by atoms with van der Waals surface area (Å²) >= 11 is 5.01. The van der Waals surface area contributed by atoms with Crippen LogP contribution in [0.25, 0.3) is 0 Å². The molecule has 0 aliphatic rings. The van der Waals surface area contributed by atoms with Crippen molar-refractivity contribution >= 4 is 38.1 Å². The molecule has 0 N–H and O–H groups in total. The number of anilines is 2. The monoisotopic (exact) mass is 296 g/mol. The van der Waals surface area contributed by atoms with Crippen LogP contribution < -0.4 is 4.90 Å². The van der Waals surface area contributed by atoms with E-state index in [-0.39, 0.29) is 0 Å². The summed E-state index contributed by atoms with van der Waals surface area (Å²) in [6.07, 6.45) is 0. The summed E-state index contributed by atoms with van der Waals surface area (Å²) in [5.74, 6) is 0. The van der Waals surface area contributed by atoms with E-state index in [1.54, 1.807) is 11.3 Å². The molecule has 2 aromatic rings. The minimum Gasteiger partial charge on any atom is -0.321 e. The van der Waals surface area contributed by atoms with E-state index in [2.05, 4.69) is 57.9 Å². The smallest absolute Gasteiger partial charge is 0.190 e. The van der Waals surface area contributed by atoms with Crippen LogP contribution in [0.15, 0.2) is 28.2 Å². The molecule has 0 bridgehead atoms.